The number of hydrogen-bond acceptors (Lipinski definition) is 4. The molecule has 3 heterocycles. The van der Waals surface area contributed by atoms with Crippen molar-refractivity contribution in [2.75, 3.05) is 13.1 Å². The van der Waals surface area contributed by atoms with E-state index in [1.807, 2.05) is 18.5 Å². The van der Waals surface area contributed by atoms with Crippen molar-refractivity contribution >= 4 is 5.91 Å². The van der Waals surface area contributed by atoms with E-state index in [0.717, 1.165) is 5.82 Å². The van der Waals surface area contributed by atoms with E-state index in [2.05, 4.69) is 15.2 Å². The Morgan fingerprint density at radius 2 is 1.88 bits per heavy atom. The van der Waals surface area contributed by atoms with Crippen molar-refractivity contribution in [2.45, 2.75) is 46.7 Å². The summed E-state index contributed by atoms with van der Waals surface area (Å²) in [5, 5.41) is 8.15. The van der Waals surface area contributed by atoms with E-state index >= 15 is 0 Å². The Morgan fingerprint density at radius 3 is 2.38 bits per heavy atom. The minimum Gasteiger partial charge on any atom is -0.338 e. The molecule has 0 unspecified atom stereocenters. The van der Waals surface area contributed by atoms with Crippen LogP contribution in [0.3, 0.4) is 0 Å². The SMILES string of the molecule is Cc1nc(C)n(C2CN(C(=O)Cc3c(C)nn(C(F)F)c3C)C2)n1. The Hall–Kier alpha value is -2.32. The molecule has 1 saturated heterocycles. The minimum atomic E-state index is -2.69. The smallest absolute Gasteiger partial charge is 0.333 e. The Balaban J connectivity index is 1.65. The van der Waals surface area contributed by atoms with E-state index < -0.39 is 6.55 Å². The highest BCUT2D eigenvalue weighted by Crippen LogP contribution is 2.25. The summed E-state index contributed by atoms with van der Waals surface area (Å²) in [4.78, 5) is 18.4. The van der Waals surface area contributed by atoms with Crippen LogP contribution in [0, 0.1) is 27.7 Å². The molecular weight excluding hydrogens is 318 g/mol. The number of rotatable bonds is 4. The molecule has 3 rings (SSSR count). The van der Waals surface area contributed by atoms with Crippen LogP contribution in [0.1, 0.15) is 41.2 Å². The van der Waals surface area contributed by atoms with Gasteiger partial charge in [0.25, 0.3) is 0 Å². The van der Waals surface area contributed by atoms with Crippen LogP contribution in [0.2, 0.25) is 0 Å². The fraction of sp³-hybridized carbons (Fsp3) is 0.600. The molecule has 2 aromatic rings. The first-order valence-corrected chi connectivity index (χ1v) is 7.78. The normalized spacial score (nSPS) is 15.2. The van der Waals surface area contributed by atoms with Crippen LogP contribution in [0.4, 0.5) is 8.78 Å². The molecule has 0 aromatic carbocycles. The number of hydrogen-bond donors (Lipinski definition) is 0. The van der Waals surface area contributed by atoms with Gasteiger partial charge in [-0.2, -0.15) is 19.0 Å². The maximum atomic E-state index is 12.9. The molecule has 2 aromatic heterocycles. The van der Waals surface area contributed by atoms with Crippen molar-refractivity contribution in [2.24, 2.45) is 0 Å². The summed E-state index contributed by atoms with van der Waals surface area (Å²) < 4.78 is 28.2. The first kappa shape index (κ1) is 16.5. The van der Waals surface area contributed by atoms with Crippen molar-refractivity contribution < 1.29 is 13.6 Å². The lowest BCUT2D eigenvalue weighted by atomic mass is 10.0. The van der Waals surface area contributed by atoms with Crippen LogP contribution in [-0.4, -0.2) is 48.4 Å². The van der Waals surface area contributed by atoms with E-state index in [1.54, 1.807) is 18.7 Å². The summed E-state index contributed by atoms with van der Waals surface area (Å²) >= 11 is 0. The number of carbonyl (C=O) groups is 1. The van der Waals surface area contributed by atoms with Crippen molar-refractivity contribution in [3.05, 3.63) is 28.6 Å². The molecule has 0 spiro atoms. The summed E-state index contributed by atoms with van der Waals surface area (Å²) in [5.74, 6) is 1.46. The maximum absolute atomic E-state index is 12.9. The number of likely N-dealkylation sites (tertiary alicyclic amines) is 1. The van der Waals surface area contributed by atoms with Gasteiger partial charge in [-0.3, -0.25) is 4.79 Å². The molecule has 0 bridgehead atoms. The lowest BCUT2D eigenvalue weighted by Crippen LogP contribution is -2.51. The molecule has 9 heteroatoms. The molecule has 1 aliphatic heterocycles. The fourth-order valence-electron chi connectivity index (χ4n) is 3.10. The number of nitrogens with zero attached hydrogens (tertiary/aromatic N) is 6. The average Bonchev–Trinajstić information content (AvgIpc) is 2.91. The van der Waals surface area contributed by atoms with Gasteiger partial charge in [0.2, 0.25) is 5.91 Å². The molecule has 1 amide bonds. The minimum absolute atomic E-state index is 0.0826. The number of aryl methyl sites for hydroxylation is 3. The van der Waals surface area contributed by atoms with Gasteiger partial charge in [-0.15, -0.1) is 0 Å². The zero-order chi connectivity index (χ0) is 17.6. The van der Waals surface area contributed by atoms with Gasteiger partial charge >= 0.3 is 6.55 Å². The summed E-state index contributed by atoms with van der Waals surface area (Å²) in [6.45, 7) is 5.35. The second-order valence-corrected chi connectivity index (χ2v) is 6.15. The Labute approximate surface area is 138 Å². The summed E-state index contributed by atoms with van der Waals surface area (Å²) in [6, 6.07) is 0.126. The molecule has 0 saturated carbocycles. The predicted molar refractivity (Wildman–Crippen MR) is 81.8 cm³/mol. The number of aromatic nitrogens is 5. The molecule has 130 valence electrons. The van der Waals surface area contributed by atoms with Gasteiger partial charge in [-0.1, -0.05) is 0 Å². The van der Waals surface area contributed by atoms with Gasteiger partial charge in [0.1, 0.15) is 11.6 Å². The highest BCUT2D eigenvalue weighted by atomic mass is 19.3. The first-order valence-electron chi connectivity index (χ1n) is 7.78. The van der Waals surface area contributed by atoms with Gasteiger partial charge in [0.15, 0.2) is 0 Å². The third kappa shape index (κ3) is 2.78. The predicted octanol–water partition coefficient (Wildman–Crippen LogP) is 1.73. The van der Waals surface area contributed by atoms with Gasteiger partial charge in [0, 0.05) is 24.3 Å². The first-order chi connectivity index (χ1) is 11.3. The van der Waals surface area contributed by atoms with E-state index in [4.69, 9.17) is 0 Å². The molecule has 0 atom stereocenters. The number of halogens is 2. The van der Waals surface area contributed by atoms with Crippen LogP contribution in [0.5, 0.6) is 0 Å². The quantitative estimate of drug-likeness (QED) is 0.851. The molecule has 0 radical (unpaired) electrons. The molecule has 24 heavy (non-hydrogen) atoms. The number of alkyl halides is 2. The summed E-state index contributed by atoms with van der Waals surface area (Å²) in [5.41, 5.74) is 1.40. The Kier molecular flexibility index (Phi) is 4.10. The van der Waals surface area contributed by atoms with E-state index in [0.29, 0.717) is 40.5 Å². The van der Waals surface area contributed by atoms with Crippen LogP contribution < -0.4 is 0 Å². The summed E-state index contributed by atoms with van der Waals surface area (Å²) in [7, 11) is 0. The van der Waals surface area contributed by atoms with Crippen molar-refractivity contribution in [3.8, 4) is 0 Å². The summed E-state index contributed by atoms with van der Waals surface area (Å²) in [6.07, 6.45) is 0.0898. The number of carbonyl (C=O) groups excluding carboxylic acids is 1. The molecule has 1 fully saturated rings. The Bertz CT molecular complexity index is 775. The zero-order valence-electron chi connectivity index (χ0n) is 14.1. The highest BCUT2D eigenvalue weighted by molar-refractivity contribution is 5.80. The van der Waals surface area contributed by atoms with Crippen molar-refractivity contribution in [3.63, 3.8) is 0 Å². The van der Waals surface area contributed by atoms with Crippen LogP contribution in [-0.2, 0) is 11.2 Å². The topological polar surface area (TPSA) is 68.8 Å². The lowest BCUT2D eigenvalue weighted by Gasteiger charge is -2.39. The molecule has 0 aliphatic carbocycles. The van der Waals surface area contributed by atoms with Gasteiger partial charge < -0.3 is 4.90 Å². The molecule has 1 aliphatic rings. The van der Waals surface area contributed by atoms with Crippen LogP contribution in [0.15, 0.2) is 0 Å². The lowest BCUT2D eigenvalue weighted by molar-refractivity contribution is -0.136. The molecule has 7 nitrogen and oxygen atoms in total. The van der Waals surface area contributed by atoms with E-state index in [-0.39, 0.29) is 18.4 Å². The maximum Gasteiger partial charge on any atom is 0.333 e. The molecule has 0 N–H and O–H groups in total. The van der Waals surface area contributed by atoms with Gasteiger partial charge in [0.05, 0.1) is 18.2 Å². The Morgan fingerprint density at radius 1 is 1.21 bits per heavy atom. The van der Waals surface area contributed by atoms with Gasteiger partial charge in [-0.25, -0.2) is 14.3 Å². The van der Waals surface area contributed by atoms with Crippen LogP contribution >= 0.6 is 0 Å². The van der Waals surface area contributed by atoms with Crippen LogP contribution in [0.25, 0.3) is 0 Å². The largest absolute Gasteiger partial charge is 0.338 e. The second kappa shape index (κ2) is 5.95. The van der Waals surface area contributed by atoms with Crippen molar-refractivity contribution in [1.82, 2.24) is 29.4 Å². The average molecular weight is 338 g/mol. The fourth-order valence-corrected chi connectivity index (χ4v) is 3.10. The van der Waals surface area contributed by atoms with Crippen molar-refractivity contribution in [1.29, 1.82) is 0 Å². The molecular formula is C15H20F2N6O. The third-order valence-electron chi connectivity index (χ3n) is 4.46. The highest BCUT2D eigenvalue weighted by Gasteiger charge is 2.34. The van der Waals surface area contributed by atoms with E-state index in [9.17, 15) is 13.6 Å². The van der Waals surface area contributed by atoms with E-state index in [1.165, 1.54) is 0 Å². The van der Waals surface area contributed by atoms with Gasteiger partial charge in [-0.05, 0) is 27.7 Å². The second-order valence-electron chi connectivity index (χ2n) is 6.15. The third-order valence-corrected chi connectivity index (χ3v) is 4.46. The zero-order valence-corrected chi connectivity index (χ0v) is 14.1. The number of amides is 1. The standard InChI is InChI=1S/C15H20F2N6O/c1-8-13(9(2)22(19-8)15(16)17)5-14(24)21-6-12(7-21)23-11(4)18-10(3)20-23/h12,15H,5-7H2,1-4H3. The monoisotopic (exact) mass is 338 g/mol.